The molecule has 0 fully saturated rings. The lowest BCUT2D eigenvalue weighted by molar-refractivity contribution is 0.103. The Balaban J connectivity index is 2.93. The maximum Gasteiger partial charge on any atom is 0.208 e. The van der Waals surface area contributed by atoms with Gasteiger partial charge in [0.1, 0.15) is 0 Å². The van der Waals surface area contributed by atoms with Crippen molar-refractivity contribution in [3.8, 4) is 0 Å². The molecule has 3 nitrogen and oxygen atoms in total. The zero-order valence-electron chi connectivity index (χ0n) is 9.01. The highest BCUT2D eigenvalue weighted by atomic mass is 32.2. The SMILES string of the molecule is C=CC1=C(C=C)S(=O)(=O)c2ccccc2C1=O. The van der Waals surface area contributed by atoms with Gasteiger partial charge < -0.3 is 0 Å². The minimum absolute atomic E-state index is 0.0329. The van der Waals surface area contributed by atoms with Gasteiger partial charge in [0.05, 0.1) is 9.80 Å². The summed E-state index contributed by atoms with van der Waals surface area (Å²) in [5.41, 5.74) is 0.270. The summed E-state index contributed by atoms with van der Waals surface area (Å²) in [7, 11) is -3.66. The van der Waals surface area contributed by atoms with Gasteiger partial charge in [-0.1, -0.05) is 31.4 Å². The van der Waals surface area contributed by atoms with Crippen LogP contribution in [0.4, 0.5) is 0 Å². The summed E-state index contributed by atoms with van der Waals surface area (Å²) >= 11 is 0. The van der Waals surface area contributed by atoms with Gasteiger partial charge in [0, 0.05) is 11.1 Å². The van der Waals surface area contributed by atoms with E-state index in [4.69, 9.17) is 0 Å². The van der Waals surface area contributed by atoms with Gasteiger partial charge in [0.15, 0.2) is 5.78 Å². The molecule has 86 valence electrons. The summed E-state index contributed by atoms with van der Waals surface area (Å²) in [4.78, 5) is 12.0. The highest BCUT2D eigenvalue weighted by Crippen LogP contribution is 2.33. The molecule has 0 bridgehead atoms. The second-order valence-electron chi connectivity index (χ2n) is 3.51. The third-order valence-electron chi connectivity index (χ3n) is 2.61. The first kappa shape index (κ1) is 11.5. The first-order chi connectivity index (χ1) is 8.04. The van der Waals surface area contributed by atoms with Crippen LogP contribution in [0.1, 0.15) is 10.4 Å². The zero-order chi connectivity index (χ0) is 12.6. The van der Waals surface area contributed by atoms with Crippen LogP contribution in [0.2, 0.25) is 0 Å². The Kier molecular flexibility index (Phi) is 2.59. The molecule has 0 aliphatic carbocycles. The largest absolute Gasteiger partial charge is 0.289 e. The highest BCUT2D eigenvalue weighted by Gasteiger charge is 2.33. The number of carbonyl (C=O) groups excluding carboxylic acids is 1. The van der Waals surface area contributed by atoms with Crippen LogP contribution in [-0.2, 0) is 9.84 Å². The number of hydrogen-bond acceptors (Lipinski definition) is 3. The molecule has 0 radical (unpaired) electrons. The molecule has 1 aromatic rings. The van der Waals surface area contributed by atoms with Crippen LogP contribution in [-0.4, -0.2) is 14.2 Å². The molecule has 0 unspecified atom stereocenters. The summed E-state index contributed by atoms with van der Waals surface area (Å²) in [5.74, 6) is -0.333. The van der Waals surface area contributed by atoms with E-state index in [2.05, 4.69) is 13.2 Å². The normalized spacial score (nSPS) is 17.5. The second kappa shape index (κ2) is 3.82. The number of benzene rings is 1. The molecule has 0 saturated carbocycles. The molecule has 0 amide bonds. The average molecular weight is 246 g/mol. The first-order valence-electron chi connectivity index (χ1n) is 4.92. The summed E-state index contributed by atoms with van der Waals surface area (Å²) in [6, 6.07) is 6.14. The van der Waals surface area contributed by atoms with Crippen LogP contribution in [0, 0.1) is 0 Å². The summed E-state index contributed by atoms with van der Waals surface area (Å²) in [6.45, 7) is 6.93. The molecular formula is C13H10O3S. The van der Waals surface area contributed by atoms with Crippen LogP contribution in [0.15, 0.2) is 64.9 Å². The molecule has 1 heterocycles. The fraction of sp³-hybridized carbons (Fsp3) is 0. The van der Waals surface area contributed by atoms with Crippen molar-refractivity contribution in [3.63, 3.8) is 0 Å². The maximum absolute atomic E-state index is 12.2. The molecule has 17 heavy (non-hydrogen) atoms. The Bertz CT molecular complexity index is 664. The minimum Gasteiger partial charge on any atom is -0.289 e. The molecule has 1 aromatic carbocycles. The third-order valence-corrected chi connectivity index (χ3v) is 4.51. The van der Waals surface area contributed by atoms with Crippen LogP contribution in [0.5, 0.6) is 0 Å². The third kappa shape index (κ3) is 1.49. The van der Waals surface area contributed by atoms with Crippen LogP contribution < -0.4 is 0 Å². The van der Waals surface area contributed by atoms with Crippen LogP contribution in [0.25, 0.3) is 0 Å². The van der Waals surface area contributed by atoms with Crippen molar-refractivity contribution >= 4 is 15.6 Å². The molecule has 0 aromatic heterocycles. The van der Waals surface area contributed by atoms with Gasteiger partial charge in [-0.15, -0.1) is 0 Å². The Hall–Kier alpha value is -1.94. The summed E-state index contributed by atoms with van der Waals surface area (Å²) in [6.07, 6.45) is 2.44. The van der Waals surface area contributed by atoms with Gasteiger partial charge in [-0.25, -0.2) is 8.42 Å². The first-order valence-corrected chi connectivity index (χ1v) is 6.40. The van der Waals surface area contributed by atoms with Crippen molar-refractivity contribution < 1.29 is 13.2 Å². The van der Waals surface area contributed by atoms with E-state index < -0.39 is 9.84 Å². The van der Waals surface area contributed by atoms with Crippen LogP contribution >= 0.6 is 0 Å². The molecule has 0 spiro atoms. The Morgan fingerprint density at radius 2 is 1.71 bits per heavy atom. The molecule has 4 heteroatoms. The van der Waals surface area contributed by atoms with E-state index in [9.17, 15) is 13.2 Å². The van der Waals surface area contributed by atoms with Gasteiger partial charge in [-0.2, -0.15) is 0 Å². The number of sulfone groups is 1. The van der Waals surface area contributed by atoms with E-state index in [1.807, 2.05) is 0 Å². The number of hydrogen-bond donors (Lipinski definition) is 0. The second-order valence-corrected chi connectivity index (χ2v) is 5.40. The Morgan fingerprint density at radius 1 is 1.06 bits per heavy atom. The van der Waals surface area contributed by atoms with E-state index >= 15 is 0 Å². The van der Waals surface area contributed by atoms with Gasteiger partial charge >= 0.3 is 0 Å². The maximum atomic E-state index is 12.2. The van der Waals surface area contributed by atoms with E-state index in [-0.39, 0.29) is 26.7 Å². The van der Waals surface area contributed by atoms with Crippen molar-refractivity contribution in [3.05, 3.63) is 65.6 Å². The zero-order valence-corrected chi connectivity index (χ0v) is 9.83. The molecule has 0 atom stereocenters. The highest BCUT2D eigenvalue weighted by molar-refractivity contribution is 7.95. The topological polar surface area (TPSA) is 51.2 Å². The number of fused-ring (bicyclic) bond motifs is 1. The standard InChI is InChI=1S/C13H10O3S/c1-3-9-11(4-2)17(15,16)12-8-6-5-7-10(12)13(9)14/h3-8H,1-2H2. The summed E-state index contributed by atoms with van der Waals surface area (Å²) < 4.78 is 24.4. The number of carbonyl (C=O) groups is 1. The number of allylic oxidation sites excluding steroid dienone is 3. The van der Waals surface area contributed by atoms with E-state index in [0.29, 0.717) is 0 Å². The molecule has 0 saturated heterocycles. The number of ketones is 1. The van der Waals surface area contributed by atoms with E-state index in [1.165, 1.54) is 24.3 Å². The monoisotopic (exact) mass is 246 g/mol. The van der Waals surface area contributed by atoms with E-state index in [1.54, 1.807) is 12.1 Å². The number of rotatable bonds is 2. The fourth-order valence-corrected chi connectivity index (χ4v) is 3.45. The summed E-state index contributed by atoms with van der Waals surface area (Å²) in [5, 5.41) is 0. The van der Waals surface area contributed by atoms with Gasteiger partial charge in [-0.05, 0) is 18.2 Å². The lowest BCUT2D eigenvalue weighted by Gasteiger charge is -2.18. The Morgan fingerprint density at radius 3 is 2.29 bits per heavy atom. The van der Waals surface area contributed by atoms with Crippen molar-refractivity contribution in [1.82, 2.24) is 0 Å². The van der Waals surface area contributed by atoms with Crippen molar-refractivity contribution in [1.29, 1.82) is 0 Å². The molecule has 0 N–H and O–H groups in total. The lowest BCUT2D eigenvalue weighted by atomic mass is 10.0. The molecule has 2 rings (SSSR count). The molecule has 1 aliphatic rings. The van der Waals surface area contributed by atoms with Gasteiger partial charge in [0.25, 0.3) is 0 Å². The van der Waals surface area contributed by atoms with E-state index in [0.717, 1.165) is 0 Å². The van der Waals surface area contributed by atoms with Crippen LogP contribution in [0.3, 0.4) is 0 Å². The van der Waals surface area contributed by atoms with Gasteiger partial charge in [-0.3, -0.25) is 4.79 Å². The molecule has 1 aliphatic heterocycles. The van der Waals surface area contributed by atoms with Crippen molar-refractivity contribution in [2.24, 2.45) is 0 Å². The average Bonchev–Trinajstić information content (AvgIpc) is 2.33. The van der Waals surface area contributed by atoms with Gasteiger partial charge in [0.2, 0.25) is 9.84 Å². The lowest BCUT2D eigenvalue weighted by Crippen LogP contribution is -2.20. The van der Waals surface area contributed by atoms with Crippen molar-refractivity contribution in [2.75, 3.05) is 0 Å². The predicted octanol–water partition coefficient (Wildman–Crippen LogP) is 2.28. The fourth-order valence-electron chi connectivity index (χ4n) is 1.82. The quantitative estimate of drug-likeness (QED) is 0.804. The minimum atomic E-state index is -3.66. The Labute approximate surface area is 99.7 Å². The predicted molar refractivity (Wildman–Crippen MR) is 65.4 cm³/mol. The van der Waals surface area contributed by atoms with Crippen molar-refractivity contribution in [2.45, 2.75) is 4.90 Å². The smallest absolute Gasteiger partial charge is 0.208 e. The molecular weight excluding hydrogens is 236 g/mol. The number of Topliss-reactive ketones (excluding diaryl/α,β-unsaturated/α-hetero) is 1.